The van der Waals surface area contributed by atoms with Crippen molar-refractivity contribution in [2.45, 2.75) is 57.8 Å². The molecule has 2 aliphatic rings. The fourth-order valence-corrected chi connectivity index (χ4v) is 3.10. The zero-order valence-corrected chi connectivity index (χ0v) is 11.0. The van der Waals surface area contributed by atoms with Gasteiger partial charge in [-0.05, 0) is 43.6 Å². The molecule has 2 saturated carbocycles. The van der Waals surface area contributed by atoms with Crippen molar-refractivity contribution in [3.05, 3.63) is 11.7 Å². The average molecular weight is 249 g/mol. The van der Waals surface area contributed by atoms with E-state index in [1.54, 1.807) is 0 Å². The van der Waals surface area contributed by atoms with E-state index in [1.807, 2.05) is 0 Å². The molecule has 4 heteroatoms. The predicted molar refractivity (Wildman–Crippen MR) is 69.0 cm³/mol. The second-order valence-corrected chi connectivity index (χ2v) is 6.19. The zero-order valence-electron chi connectivity index (χ0n) is 11.0. The summed E-state index contributed by atoms with van der Waals surface area (Å²) in [5.74, 6) is 2.52. The molecule has 0 amide bonds. The van der Waals surface area contributed by atoms with E-state index in [2.05, 4.69) is 10.1 Å². The highest BCUT2D eigenvalue weighted by Gasteiger charge is 2.33. The first kappa shape index (κ1) is 12.2. The van der Waals surface area contributed by atoms with Crippen LogP contribution in [0.5, 0.6) is 0 Å². The van der Waals surface area contributed by atoms with Crippen LogP contribution in [0, 0.1) is 11.3 Å². The van der Waals surface area contributed by atoms with Crippen LogP contribution < -0.4 is 5.73 Å². The van der Waals surface area contributed by atoms with Gasteiger partial charge in [0.15, 0.2) is 5.82 Å². The first-order chi connectivity index (χ1) is 8.80. The maximum Gasteiger partial charge on any atom is 0.227 e. The molecule has 2 N–H and O–H groups in total. The van der Waals surface area contributed by atoms with Crippen LogP contribution in [0.15, 0.2) is 4.52 Å². The summed E-state index contributed by atoms with van der Waals surface area (Å²) < 4.78 is 5.41. The largest absolute Gasteiger partial charge is 0.339 e. The molecule has 0 radical (unpaired) electrons. The van der Waals surface area contributed by atoms with Gasteiger partial charge in [0.1, 0.15) is 0 Å². The van der Waals surface area contributed by atoms with Crippen molar-refractivity contribution >= 4 is 0 Å². The molecule has 0 atom stereocenters. The standard InChI is InChI=1S/C14H23N3O/c15-10-14(6-2-1-3-7-14)9-13-16-12(17-18-13)8-11-4-5-11/h11H,1-10,15H2. The van der Waals surface area contributed by atoms with E-state index >= 15 is 0 Å². The van der Waals surface area contributed by atoms with E-state index in [0.29, 0.717) is 0 Å². The molecule has 0 spiro atoms. The smallest absolute Gasteiger partial charge is 0.227 e. The Morgan fingerprint density at radius 1 is 1.22 bits per heavy atom. The Hall–Kier alpha value is -0.900. The molecule has 18 heavy (non-hydrogen) atoms. The first-order valence-electron chi connectivity index (χ1n) is 7.31. The number of hydrogen-bond acceptors (Lipinski definition) is 4. The fourth-order valence-electron chi connectivity index (χ4n) is 3.10. The lowest BCUT2D eigenvalue weighted by molar-refractivity contribution is 0.177. The van der Waals surface area contributed by atoms with Crippen molar-refractivity contribution in [1.29, 1.82) is 0 Å². The van der Waals surface area contributed by atoms with Gasteiger partial charge >= 0.3 is 0 Å². The molecule has 1 heterocycles. The van der Waals surface area contributed by atoms with E-state index < -0.39 is 0 Å². The number of nitrogens with zero attached hydrogens (tertiary/aromatic N) is 2. The zero-order chi connectivity index (χ0) is 12.4. The van der Waals surface area contributed by atoms with Crippen LogP contribution in [0.3, 0.4) is 0 Å². The van der Waals surface area contributed by atoms with Crippen molar-refractivity contribution in [2.24, 2.45) is 17.1 Å². The summed E-state index contributed by atoms with van der Waals surface area (Å²) in [6.07, 6.45) is 10.9. The van der Waals surface area contributed by atoms with E-state index in [0.717, 1.165) is 37.0 Å². The molecule has 2 fully saturated rings. The third kappa shape index (κ3) is 2.74. The lowest BCUT2D eigenvalue weighted by Gasteiger charge is -2.34. The van der Waals surface area contributed by atoms with Gasteiger partial charge in [-0.25, -0.2) is 0 Å². The number of aromatic nitrogens is 2. The van der Waals surface area contributed by atoms with Crippen LogP contribution in [0.1, 0.15) is 56.7 Å². The van der Waals surface area contributed by atoms with Gasteiger partial charge in [0.2, 0.25) is 5.89 Å². The average Bonchev–Trinajstić information content (AvgIpc) is 3.10. The van der Waals surface area contributed by atoms with Crippen molar-refractivity contribution in [3.63, 3.8) is 0 Å². The Balaban J connectivity index is 1.64. The predicted octanol–water partition coefficient (Wildman–Crippen LogP) is 2.47. The molecule has 2 aliphatic carbocycles. The third-order valence-corrected chi connectivity index (χ3v) is 4.55. The highest BCUT2D eigenvalue weighted by Crippen LogP contribution is 2.38. The summed E-state index contributed by atoms with van der Waals surface area (Å²) >= 11 is 0. The number of hydrogen-bond donors (Lipinski definition) is 1. The fraction of sp³-hybridized carbons (Fsp3) is 0.857. The van der Waals surface area contributed by atoms with Crippen molar-refractivity contribution in [1.82, 2.24) is 10.1 Å². The highest BCUT2D eigenvalue weighted by molar-refractivity contribution is 4.97. The quantitative estimate of drug-likeness (QED) is 0.870. The minimum Gasteiger partial charge on any atom is -0.339 e. The van der Waals surface area contributed by atoms with E-state index in [1.165, 1.54) is 44.9 Å². The summed E-state index contributed by atoms with van der Waals surface area (Å²) in [5, 5.41) is 4.10. The lowest BCUT2D eigenvalue weighted by Crippen LogP contribution is -2.35. The van der Waals surface area contributed by atoms with E-state index in [4.69, 9.17) is 10.3 Å². The molecule has 0 unspecified atom stereocenters. The third-order valence-electron chi connectivity index (χ3n) is 4.55. The Morgan fingerprint density at radius 3 is 2.67 bits per heavy atom. The molecule has 0 aliphatic heterocycles. The Labute approximate surface area is 108 Å². The van der Waals surface area contributed by atoms with Crippen LogP contribution in [-0.4, -0.2) is 16.7 Å². The van der Waals surface area contributed by atoms with Crippen LogP contribution in [0.2, 0.25) is 0 Å². The topological polar surface area (TPSA) is 64.9 Å². The van der Waals surface area contributed by atoms with Crippen LogP contribution in [0.4, 0.5) is 0 Å². The molecular formula is C14H23N3O. The SMILES string of the molecule is NCC1(Cc2nc(CC3CC3)no2)CCCCC1. The van der Waals surface area contributed by atoms with Gasteiger partial charge in [-0.1, -0.05) is 24.4 Å². The Kier molecular flexibility index (Phi) is 3.37. The summed E-state index contributed by atoms with van der Waals surface area (Å²) in [6.45, 7) is 0.743. The highest BCUT2D eigenvalue weighted by atomic mass is 16.5. The summed E-state index contributed by atoms with van der Waals surface area (Å²) in [7, 11) is 0. The van der Waals surface area contributed by atoms with E-state index in [-0.39, 0.29) is 5.41 Å². The monoisotopic (exact) mass is 249 g/mol. The maximum absolute atomic E-state index is 5.99. The molecule has 3 rings (SSSR count). The van der Waals surface area contributed by atoms with Gasteiger partial charge in [0, 0.05) is 12.8 Å². The van der Waals surface area contributed by atoms with Gasteiger partial charge < -0.3 is 10.3 Å². The normalized spacial score (nSPS) is 23.2. The molecule has 4 nitrogen and oxygen atoms in total. The molecule has 0 saturated heterocycles. The van der Waals surface area contributed by atoms with Crippen LogP contribution in [0.25, 0.3) is 0 Å². The summed E-state index contributed by atoms with van der Waals surface area (Å²) in [5.41, 5.74) is 6.22. The van der Waals surface area contributed by atoms with Gasteiger partial charge in [-0.15, -0.1) is 0 Å². The van der Waals surface area contributed by atoms with E-state index in [9.17, 15) is 0 Å². The van der Waals surface area contributed by atoms with Gasteiger partial charge in [-0.2, -0.15) is 4.98 Å². The maximum atomic E-state index is 5.99. The van der Waals surface area contributed by atoms with Gasteiger partial charge in [0.25, 0.3) is 0 Å². The van der Waals surface area contributed by atoms with Gasteiger partial charge in [-0.3, -0.25) is 0 Å². The van der Waals surface area contributed by atoms with Crippen molar-refractivity contribution in [3.8, 4) is 0 Å². The Morgan fingerprint density at radius 2 is 2.00 bits per heavy atom. The molecule has 0 bridgehead atoms. The van der Waals surface area contributed by atoms with Crippen LogP contribution >= 0.6 is 0 Å². The molecular weight excluding hydrogens is 226 g/mol. The van der Waals surface area contributed by atoms with Crippen LogP contribution in [-0.2, 0) is 12.8 Å². The molecule has 0 aromatic carbocycles. The summed E-state index contributed by atoms with van der Waals surface area (Å²) in [6, 6.07) is 0. The van der Waals surface area contributed by atoms with Crippen molar-refractivity contribution in [2.75, 3.05) is 6.54 Å². The minimum atomic E-state index is 0.224. The summed E-state index contributed by atoms with van der Waals surface area (Å²) in [4.78, 5) is 4.54. The number of nitrogens with two attached hydrogens (primary N) is 1. The molecule has 100 valence electrons. The second-order valence-electron chi connectivity index (χ2n) is 6.19. The van der Waals surface area contributed by atoms with Crippen molar-refractivity contribution < 1.29 is 4.52 Å². The minimum absolute atomic E-state index is 0.224. The number of rotatable bonds is 5. The Bertz CT molecular complexity index is 391. The molecule has 1 aromatic rings. The van der Waals surface area contributed by atoms with Gasteiger partial charge in [0.05, 0.1) is 0 Å². The molecule has 1 aromatic heterocycles. The lowest BCUT2D eigenvalue weighted by atomic mass is 9.72. The first-order valence-corrected chi connectivity index (χ1v) is 7.31. The second kappa shape index (κ2) is 5.00.